The molecule has 4 rings (SSSR count). The highest BCUT2D eigenvalue weighted by Crippen LogP contribution is 2.41. The van der Waals surface area contributed by atoms with Crippen molar-refractivity contribution < 1.29 is 9.47 Å². The molecule has 0 aromatic heterocycles. The molecule has 2 saturated heterocycles. The molecule has 0 radical (unpaired) electrons. The minimum atomic E-state index is -0.0287. The van der Waals surface area contributed by atoms with Crippen molar-refractivity contribution in [3.8, 4) is 0 Å². The molecule has 0 spiro atoms. The molecule has 0 amide bonds. The lowest BCUT2D eigenvalue weighted by Crippen LogP contribution is -2.52. The number of nitrogens with one attached hydrogen (secondary N) is 2. The average molecular weight is 306 g/mol. The number of hydrazine groups is 1. The number of hydrazone groups is 1. The van der Waals surface area contributed by atoms with Crippen molar-refractivity contribution in [2.24, 2.45) is 16.4 Å². The van der Waals surface area contributed by atoms with Crippen LogP contribution < -0.4 is 10.9 Å². The maximum Gasteiger partial charge on any atom is 0.134 e. The van der Waals surface area contributed by atoms with Gasteiger partial charge in [-0.2, -0.15) is 5.10 Å². The van der Waals surface area contributed by atoms with Gasteiger partial charge in [0.25, 0.3) is 0 Å². The van der Waals surface area contributed by atoms with E-state index in [0.717, 1.165) is 44.9 Å². The van der Waals surface area contributed by atoms with Gasteiger partial charge in [-0.05, 0) is 12.8 Å². The van der Waals surface area contributed by atoms with Crippen molar-refractivity contribution in [3.05, 3.63) is 11.5 Å². The van der Waals surface area contributed by atoms with Crippen molar-refractivity contribution in [1.29, 1.82) is 0 Å². The third-order valence-corrected chi connectivity index (χ3v) is 4.99. The van der Waals surface area contributed by atoms with Gasteiger partial charge in [-0.1, -0.05) is 20.8 Å². The van der Waals surface area contributed by atoms with Crippen LogP contribution in [0.2, 0.25) is 0 Å². The van der Waals surface area contributed by atoms with Crippen LogP contribution in [0.3, 0.4) is 0 Å². The Morgan fingerprint density at radius 1 is 1.18 bits per heavy atom. The number of rotatable bonds is 1. The molecular weight excluding hydrogens is 280 g/mol. The SMILES string of the molecule is CC(C)(C)C1=C2C(C3CCOCC3)=NNN2[C@@H]2CNC[C@H]2O1. The van der Waals surface area contributed by atoms with E-state index in [2.05, 4.69) is 36.6 Å². The zero-order chi connectivity index (χ0) is 15.3. The van der Waals surface area contributed by atoms with Crippen LogP contribution >= 0.6 is 0 Å². The summed E-state index contributed by atoms with van der Waals surface area (Å²) in [6.07, 6.45) is 2.29. The van der Waals surface area contributed by atoms with Gasteiger partial charge in [-0.25, -0.2) is 5.53 Å². The molecule has 0 aromatic carbocycles. The Morgan fingerprint density at radius 2 is 1.95 bits per heavy atom. The van der Waals surface area contributed by atoms with Gasteiger partial charge in [0.1, 0.15) is 23.6 Å². The Hall–Kier alpha value is -1.27. The predicted octanol–water partition coefficient (Wildman–Crippen LogP) is 1.22. The molecule has 6 heteroatoms. The summed E-state index contributed by atoms with van der Waals surface area (Å²) >= 11 is 0. The van der Waals surface area contributed by atoms with Gasteiger partial charge in [-0.3, -0.25) is 5.01 Å². The van der Waals surface area contributed by atoms with Crippen molar-refractivity contribution in [1.82, 2.24) is 15.9 Å². The van der Waals surface area contributed by atoms with Crippen LogP contribution in [0, 0.1) is 11.3 Å². The normalized spacial score (nSPS) is 32.3. The van der Waals surface area contributed by atoms with Crippen LogP contribution in [-0.2, 0) is 9.47 Å². The van der Waals surface area contributed by atoms with Crippen LogP contribution in [0.15, 0.2) is 16.6 Å². The monoisotopic (exact) mass is 306 g/mol. The Labute approximate surface area is 131 Å². The number of ether oxygens (including phenoxy) is 2. The first kappa shape index (κ1) is 14.3. The van der Waals surface area contributed by atoms with E-state index in [1.54, 1.807) is 0 Å². The summed E-state index contributed by atoms with van der Waals surface area (Å²) in [6.45, 7) is 10.2. The molecular formula is C16H26N4O2. The highest BCUT2D eigenvalue weighted by atomic mass is 16.5. The van der Waals surface area contributed by atoms with Crippen molar-refractivity contribution in [2.75, 3.05) is 26.3 Å². The first-order valence-corrected chi connectivity index (χ1v) is 8.38. The molecule has 0 unspecified atom stereocenters. The molecule has 2 atom stereocenters. The van der Waals surface area contributed by atoms with Gasteiger partial charge < -0.3 is 14.8 Å². The molecule has 2 fully saturated rings. The van der Waals surface area contributed by atoms with E-state index in [4.69, 9.17) is 14.6 Å². The number of hydrogen-bond acceptors (Lipinski definition) is 6. The molecule has 0 bridgehead atoms. The summed E-state index contributed by atoms with van der Waals surface area (Å²) in [5.41, 5.74) is 5.60. The number of allylic oxidation sites excluding steroid dienone is 2. The van der Waals surface area contributed by atoms with Crippen LogP contribution in [0.5, 0.6) is 0 Å². The molecule has 2 N–H and O–H groups in total. The maximum absolute atomic E-state index is 6.43. The largest absolute Gasteiger partial charge is 0.488 e. The second-order valence-electron chi connectivity index (χ2n) is 7.66. The second-order valence-corrected chi connectivity index (χ2v) is 7.66. The summed E-state index contributed by atoms with van der Waals surface area (Å²) in [5, 5.41) is 10.4. The number of nitrogens with zero attached hydrogens (tertiary/aromatic N) is 2. The van der Waals surface area contributed by atoms with E-state index in [0.29, 0.717) is 12.0 Å². The Morgan fingerprint density at radius 3 is 2.68 bits per heavy atom. The van der Waals surface area contributed by atoms with Gasteiger partial charge in [0.2, 0.25) is 0 Å². The smallest absolute Gasteiger partial charge is 0.134 e. The van der Waals surface area contributed by atoms with Gasteiger partial charge in [0.05, 0.1) is 5.71 Å². The van der Waals surface area contributed by atoms with Crippen molar-refractivity contribution in [2.45, 2.75) is 45.8 Å². The number of fused-ring (bicyclic) bond motifs is 3. The van der Waals surface area contributed by atoms with Crippen LogP contribution in [0.25, 0.3) is 0 Å². The predicted molar refractivity (Wildman–Crippen MR) is 84.0 cm³/mol. The Bertz CT molecular complexity index is 517. The topological polar surface area (TPSA) is 58.1 Å². The molecule has 4 aliphatic rings. The first-order valence-electron chi connectivity index (χ1n) is 8.38. The van der Waals surface area contributed by atoms with Crippen molar-refractivity contribution >= 4 is 5.71 Å². The number of hydrogen-bond donors (Lipinski definition) is 2. The third-order valence-electron chi connectivity index (χ3n) is 4.99. The molecule has 4 aliphatic heterocycles. The lowest BCUT2D eigenvalue weighted by Gasteiger charge is -2.41. The zero-order valence-corrected chi connectivity index (χ0v) is 13.7. The molecule has 6 nitrogen and oxygen atoms in total. The molecule has 0 saturated carbocycles. The fourth-order valence-corrected chi connectivity index (χ4v) is 3.81. The van der Waals surface area contributed by atoms with Gasteiger partial charge in [0, 0.05) is 37.6 Å². The second kappa shape index (κ2) is 5.13. The van der Waals surface area contributed by atoms with Gasteiger partial charge in [-0.15, -0.1) is 0 Å². The maximum atomic E-state index is 6.43. The van der Waals surface area contributed by atoms with Crippen LogP contribution in [0.4, 0.5) is 0 Å². The summed E-state index contributed by atoms with van der Waals surface area (Å²) in [5.74, 6) is 1.54. The summed E-state index contributed by atoms with van der Waals surface area (Å²) in [7, 11) is 0. The van der Waals surface area contributed by atoms with E-state index in [9.17, 15) is 0 Å². The first-order chi connectivity index (χ1) is 10.6. The summed E-state index contributed by atoms with van der Waals surface area (Å²) in [4.78, 5) is 0. The summed E-state index contributed by atoms with van der Waals surface area (Å²) in [6, 6.07) is 0.321. The lowest BCUT2D eigenvalue weighted by molar-refractivity contribution is -0.00592. The quantitative estimate of drug-likeness (QED) is 0.763. The Kier molecular flexibility index (Phi) is 3.34. The van der Waals surface area contributed by atoms with Gasteiger partial charge in [0.15, 0.2) is 0 Å². The fraction of sp³-hybridized carbons (Fsp3) is 0.812. The van der Waals surface area contributed by atoms with E-state index in [1.807, 2.05) is 0 Å². The van der Waals surface area contributed by atoms with E-state index in [-0.39, 0.29) is 11.5 Å². The highest BCUT2D eigenvalue weighted by Gasteiger charge is 2.48. The van der Waals surface area contributed by atoms with Crippen molar-refractivity contribution in [3.63, 3.8) is 0 Å². The summed E-state index contributed by atoms with van der Waals surface area (Å²) < 4.78 is 11.9. The third kappa shape index (κ3) is 2.20. The average Bonchev–Trinajstić information content (AvgIpc) is 3.12. The molecule has 4 heterocycles. The fourth-order valence-electron chi connectivity index (χ4n) is 3.81. The zero-order valence-electron chi connectivity index (χ0n) is 13.7. The van der Waals surface area contributed by atoms with Crippen LogP contribution in [-0.4, -0.2) is 49.2 Å². The Balaban J connectivity index is 1.73. The van der Waals surface area contributed by atoms with E-state index >= 15 is 0 Å². The van der Waals surface area contributed by atoms with Crippen LogP contribution in [0.1, 0.15) is 33.6 Å². The molecule has 0 aromatic rings. The minimum Gasteiger partial charge on any atom is -0.488 e. The molecule has 122 valence electrons. The standard InChI is InChI=1S/C16H26N4O2/c1-16(2,3)15-14-13(10-4-6-21-7-5-10)18-19-20(14)11-8-17-9-12(11)22-15/h10-12,17,19H,4-9H2,1-3H3/t11-,12-/m1/s1. The van der Waals surface area contributed by atoms with E-state index in [1.165, 1.54) is 11.4 Å². The van der Waals surface area contributed by atoms with Gasteiger partial charge >= 0.3 is 0 Å². The lowest BCUT2D eigenvalue weighted by atomic mass is 9.85. The minimum absolute atomic E-state index is 0.0287. The molecule has 22 heavy (non-hydrogen) atoms. The highest BCUT2D eigenvalue weighted by molar-refractivity contribution is 6.03. The molecule has 0 aliphatic carbocycles. The van der Waals surface area contributed by atoms with E-state index < -0.39 is 0 Å².